The van der Waals surface area contributed by atoms with Gasteiger partial charge in [-0.05, 0) is 37.3 Å². The molecule has 1 saturated carbocycles. The van der Waals surface area contributed by atoms with E-state index < -0.39 is 18.4 Å². The van der Waals surface area contributed by atoms with Crippen molar-refractivity contribution in [2.45, 2.75) is 56.2 Å². The fraction of sp³-hybridized carbons (Fsp3) is 0.600. The summed E-state index contributed by atoms with van der Waals surface area (Å²) in [6.07, 6.45) is 2.18. The maximum atomic E-state index is 12.9. The molecule has 0 radical (unpaired) electrons. The van der Waals surface area contributed by atoms with E-state index in [-0.39, 0.29) is 35.9 Å². The van der Waals surface area contributed by atoms with E-state index in [2.05, 4.69) is 9.64 Å². The normalized spacial score (nSPS) is 26.5. The molecule has 0 spiro atoms. The highest BCUT2D eigenvalue weighted by Crippen LogP contribution is 2.43. The van der Waals surface area contributed by atoms with Crippen molar-refractivity contribution >= 4 is 23.4 Å². The minimum absolute atomic E-state index is 0.00613. The first kappa shape index (κ1) is 21.6. The van der Waals surface area contributed by atoms with Crippen molar-refractivity contribution in [2.75, 3.05) is 24.5 Å². The largest absolute Gasteiger partial charge is 0.433 e. The molecule has 166 valence electrons. The first-order chi connectivity index (χ1) is 14.1. The van der Waals surface area contributed by atoms with E-state index in [1.54, 1.807) is 11.0 Å². The number of likely N-dealkylation sites (tertiary alicyclic amines) is 1. The molecule has 0 bridgehead atoms. The lowest BCUT2D eigenvalue weighted by atomic mass is 9.83. The van der Waals surface area contributed by atoms with E-state index in [1.165, 1.54) is 6.07 Å². The second-order valence-corrected chi connectivity index (χ2v) is 8.58. The molecule has 1 aliphatic carbocycles. The Balaban J connectivity index is 1.41. The molecule has 1 aromatic carbocycles. The summed E-state index contributed by atoms with van der Waals surface area (Å²) < 4.78 is 68.4. The quantitative estimate of drug-likeness (QED) is 0.672. The molecule has 0 unspecified atom stereocenters. The average molecular weight is 453 g/mol. The number of anilines is 1. The van der Waals surface area contributed by atoms with Crippen LogP contribution < -0.4 is 9.64 Å². The Morgan fingerprint density at radius 2 is 1.73 bits per heavy atom. The van der Waals surface area contributed by atoms with Gasteiger partial charge >= 0.3 is 12.8 Å². The number of fused-ring (bicyclic) bond motifs is 1. The van der Waals surface area contributed by atoms with Gasteiger partial charge in [-0.1, -0.05) is 23.8 Å². The van der Waals surface area contributed by atoms with Crippen LogP contribution in [0.4, 0.5) is 27.6 Å². The summed E-state index contributed by atoms with van der Waals surface area (Å²) in [6, 6.07) is 3.26. The van der Waals surface area contributed by atoms with Crippen LogP contribution in [0.25, 0.3) is 6.08 Å². The first-order valence-corrected chi connectivity index (χ1v) is 10.2. The topological polar surface area (TPSA) is 35.9 Å². The summed E-state index contributed by atoms with van der Waals surface area (Å²) in [6.45, 7) is -3.13. The van der Waals surface area contributed by atoms with Crippen LogP contribution in [0, 0.1) is 0 Å². The number of hydrogen-bond acceptors (Lipinski definition) is 4. The molecular formula is C20H22ClF5N2O2. The summed E-state index contributed by atoms with van der Waals surface area (Å²) in [5.74, 6) is -0.0774. The van der Waals surface area contributed by atoms with Crippen LogP contribution in [0.5, 0.6) is 5.75 Å². The predicted molar refractivity (Wildman–Crippen MR) is 103 cm³/mol. The molecule has 4 nitrogen and oxygen atoms in total. The van der Waals surface area contributed by atoms with Crippen molar-refractivity contribution in [3.8, 4) is 5.75 Å². The van der Waals surface area contributed by atoms with Gasteiger partial charge in [-0.2, -0.15) is 22.0 Å². The maximum absolute atomic E-state index is 12.9. The number of benzene rings is 1. The maximum Gasteiger partial charge on any atom is 0.419 e. The van der Waals surface area contributed by atoms with Crippen LogP contribution in [-0.4, -0.2) is 60.1 Å². The number of rotatable bonds is 4. The van der Waals surface area contributed by atoms with Crippen LogP contribution in [0.1, 0.15) is 31.2 Å². The smallest absolute Gasteiger partial charge is 0.419 e. The van der Waals surface area contributed by atoms with Crippen molar-refractivity contribution in [2.24, 2.45) is 0 Å². The van der Waals surface area contributed by atoms with Crippen LogP contribution in [-0.2, 0) is 0 Å². The second-order valence-electron chi connectivity index (χ2n) is 8.17. The fourth-order valence-corrected chi connectivity index (χ4v) is 4.88. The van der Waals surface area contributed by atoms with Crippen LogP contribution in [0.3, 0.4) is 0 Å². The third kappa shape index (κ3) is 3.99. The number of alkyl halides is 5. The highest BCUT2D eigenvalue weighted by molar-refractivity contribution is 6.32. The van der Waals surface area contributed by atoms with E-state index in [0.717, 1.165) is 24.1 Å². The second kappa shape index (κ2) is 7.84. The molecule has 3 aliphatic rings. The molecule has 2 fully saturated rings. The zero-order valence-corrected chi connectivity index (χ0v) is 16.8. The van der Waals surface area contributed by atoms with E-state index >= 15 is 0 Å². The molecule has 0 atom stereocenters. The Bertz CT molecular complexity index is 818. The van der Waals surface area contributed by atoms with Gasteiger partial charge in [0.25, 0.3) is 0 Å². The number of nitrogens with zero attached hydrogens (tertiary/aromatic N) is 2. The van der Waals surface area contributed by atoms with Gasteiger partial charge in [0.05, 0.1) is 5.02 Å². The van der Waals surface area contributed by atoms with Crippen molar-refractivity contribution in [1.82, 2.24) is 4.90 Å². The lowest BCUT2D eigenvalue weighted by Crippen LogP contribution is -2.71. The van der Waals surface area contributed by atoms with Crippen LogP contribution >= 0.6 is 11.6 Å². The number of ether oxygens (including phenoxy) is 1. The highest BCUT2D eigenvalue weighted by Gasteiger charge is 2.61. The summed E-state index contributed by atoms with van der Waals surface area (Å²) in [5, 5.41) is 9.78. The van der Waals surface area contributed by atoms with E-state index in [9.17, 15) is 27.1 Å². The zero-order valence-electron chi connectivity index (χ0n) is 16.0. The lowest BCUT2D eigenvalue weighted by Gasteiger charge is -2.52. The molecule has 1 saturated heterocycles. The molecule has 2 aliphatic heterocycles. The molecule has 4 rings (SSSR count). The van der Waals surface area contributed by atoms with E-state index in [1.807, 2.05) is 12.2 Å². The van der Waals surface area contributed by atoms with Gasteiger partial charge in [0.15, 0.2) is 5.60 Å². The minimum Gasteiger partial charge on any atom is -0.433 e. The van der Waals surface area contributed by atoms with Crippen molar-refractivity contribution < 1.29 is 31.8 Å². The van der Waals surface area contributed by atoms with Gasteiger partial charge in [0.2, 0.25) is 0 Å². The van der Waals surface area contributed by atoms with E-state index in [4.69, 9.17) is 11.6 Å². The van der Waals surface area contributed by atoms with Crippen LogP contribution in [0.2, 0.25) is 5.02 Å². The van der Waals surface area contributed by atoms with Crippen LogP contribution in [0.15, 0.2) is 18.2 Å². The van der Waals surface area contributed by atoms with Crippen molar-refractivity contribution in [3.63, 3.8) is 0 Å². The zero-order chi connectivity index (χ0) is 21.7. The summed E-state index contributed by atoms with van der Waals surface area (Å²) in [7, 11) is 0. The highest BCUT2D eigenvalue weighted by atomic mass is 35.5. The third-order valence-electron chi connectivity index (χ3n) is 6.29. The predicted octanol–water partition coefficient (Wildman–Crippen LogP) is 4.69. The Hall–Kier alpha value is -1.58. The fourth-order valence-electron chi connectivity index (χ4n) is 4.66. The number of aliphatic hydroxyl groups is 1. The molecule has 2 heterocycles. The minimum atomic E-state index is -4.61. The van der Waals surface area contributed by atoms with Gasteiger partial charge in [0, 0.05) is 43.5 Å². The van der Waals surface area contributed by atoms with Crippen molar-refractivity contribution in [3.05, 3.63) is 28.8 Å². The average Bonchev–Trinajstić information content (AvgIpc) is 2.64. The molecule has 0 aromatic heterocycles. The SMILES string of the molecule is OC1(C(F)(F)F)CN(C2CCC(N3CC=Cc4cc(Cl)c(OC(F)F)cc43)CC2)C1. The summed E-state index contributed by atoms with van der Waals surface area (Å²) >= 11 is 6.05. The standard InChI is InChI=1S/C20H22ClF5N2O2/c21-15-8-12-2-1-7-28(16(12)9-17(15)30-18(22)23)14-5-3-13(4-6-14)27-10-19(29,11-27)20(24,25)26/h1-2,8-9,13-14,18,29H,3-7,10-11H2. The van der Waals surface area contributed by atoms with Crippen molar-refractivity contribution in [1.29, 1.82) is 0 Å². The number of halogens is 6. The third-order valence-corrected chi connectivity index (χ3v) is 6.58. The molecule has 10 heteroatoms. The lowest BCUT2D eigenvalue weighted by molar-refractivity contribution is -0.306. The Morgan fingerprint density at radius 1 is 1.10 bits per heavy atom. The number of β-amino-alcohol motifs (C(OH)–C–C–N with tert-alkyl or cyclic N) is 1. The monoisotopic (exact) mass is 452 g/mol. The molecule has 0 amide bonds. The summed E-state index contributed by atoms with van der Waals surface area (Å²) in [4.78, 5) is 3.81. The summed E-state index contributed by atoms with van der Waals surface area (Å²) in [5.41, 5.74) is -1.02. The molecular weight excluding hydrogens is 431 g/mol. The molecule has 1 N–H and O–H groups in total. The molecule has 1 aromatic rings. The molecule has 30 heavy (non-hydrogen) atoms. The van der Waals surface area contributed by atoms with Gasteiger partial charge < -0.3 is 14.7 Å². The van der Waals surface area contributed by atoms with Gasteiger partial charge in [-0.15, -0.1) is 0 Å². The number of hydrogen-bond donors (Lipinski definition) is 1. The Morgan fingerprint density at radius 3 is 2.33 bits per heavy atom. The first-order valence-electron chi connectivity index (χ1n) is 9.82. The van der Waals surface area contributed by atoms with Gasteiger partial charge in [0.1, 0.15) is 5.75 Å². The van der Waals surface area contributed by atoms with Gasteiger partial charge in [-0.3, -0.25) is 4.90 Å². The van der Waals surface area contributed by atoms with E-state index in [0.29, 0.717) is 19.4 Å². The van der Waals surface area contributed by atoms with Gasteiger partial charge in [-0.25, -0.2) is 0 Å². The Kier molecular flexibility index (Phi) is 5.65. The Labute approximate surface area is 175 Å².